The van der Waals surface area contributed by atoms with Crippen molar-refractivity contribution in [2.45, 2.75) is 43.5 Å². The predicted molar refractivity (Wildman–Crippen MR) is 112 cm³/mol. The lowest BCUT2D eigenvalue weighted by Gasteiger charge is -2.17. The molecule has 5 rings (SSSR count). The third-order valence-electron chi connectivity index (χ3n) is 5.86. The first-order chi connectivity index (χ1) is 15.3. The zero-order chi connectivity index (χ0) is 22.5. The summed E-state index contributed by atoms with van der Waals surface area (Å²) in [6.45, 7) is -0.369. The van der Waals surface area contributed by atoms with Gasteiger partial charge in [0.15, 0.2) is 29.4 Å². The second-order valence-corrected chi connectivity index (χ2v) is 9.25. The van der Waals surface area contributed by atoms with Gasteiger partial charge in [0.1, 0.15) is 18.5 Å². The Hall–Kier alpha value is -2.71. The summed E-state index contributed by atoms with van der Waals surface area (Å²) in [6, 6.07) is 8.26. The molecular formula is C19H22FN7O4S. The molecule has 0 saturated carbocycles. The number of alkyl halides is 1. The number of imidazole rings is 1. The Labute approximate surface area is 183 Å². The lowest BCUT2D eigenvalue weighted by Crippen LogP contribution is -2.41. The molecule has 0 amide bonds. The Bertz CT molecular complexity index is 1250. The molecule has 32 heavy (non-hydrogen) atoms. The van der Waals surface area contributed by atoms with Gasteiger partial charge < -0.3 is 15.2 Å². The van der Waals surface area contributed by atoms with Crippen LogP contribution in [-0.4, -0.2) is 58.0 Å². The highest BCUT2D eigenvalue weighted by atomic mass is 32.2. The average molecular weight is 463 g/mol. The molecule has 5 atom stereocenters. The van der Waals surface area contributed by atoms with Crippen LogP contribution in [0, 0.1) is 0 Å². The Morgan fingerprint density at radius 3 is 2.91 bits per heavy atom. The molecule has 1 aliphatic carbocycles. The van der Waals surface area contributed by atoms with Crippen molar-refractivity contribution in [1.29, 1.82) is 0 Å². The van der Waals surface area contributed by atoms with Gasteiger partial charge in [0.25, 0.3) is 10.2 Å². The van der Waals surface area contributed by atoms with Crippen LogP contribution in [0.25, 0.3) is 11.2 Å². The van der Waals surface area contributed by atoms with Crippen LogP contribution in [0.4, 0.5) is 10.2 Å². The zero-order valence-corrected chi connectivity index (χ0v) is 17.6. The highest BCUT2D eigenvalue weighted by Crippen LogP contribution is 2.36. The number of anilines is 1. The first-order valence-corrected chi connectivity index (χ1v) is 11.6. The first-order valence-electron chi connectivity index (χ1n) is 10.1. The molecule has 1 unspecified atom stereocenters. The lowest BCUT2D eigenvalue weighted by molar-refractivity contribution is -0.0195. The van der Waals surface area contributed by atoms with E-state index in [4.69, 9.17) is 9.88 Å². The van der Waals surface area contributed by atoms with Crippen molar-refractivity contribution in [2.75, 3.05) is 11.9 Å². The molecule has 1 fully saturated rings. The van der Waals surface area contributed by atoms with Gasteiger partial charge >= 0.3 is 0 Å². The summed E-state index contributed by atoms with van der Waals surface area (Å²) in [6.07, 6.45) is -1.16. The number of ether oxygens (including phenoxy) is 1. The van der Waals surface area contributed by atoms with Crippen molar-refractivity contribution in [3.8, 4) is 0 Å². The van der Waals surface area contributed by atoms with Gasteiger partial charge in [-0.05, 0) is 24.0 Å². The number of rotatable bonds is 6. The predicted octanol–water partition coefficient (Wildman–Crippen LogP) is 0.315. The van der Waals surface area contributed by atoms with Crippen molar-refractivity contribution >= 4 is 27.2 Å². The van der Waals surface area contributed by atoms with Crippen LogP contribution < -0.4 is 15.2 Å². The molecule has 3 aromatic rings. The van der Waals surface area contributed by atoms with Gasteiger partial charge in [0.2, 0.25) is 0 Å². The number of halogens is 1. The van der Waals surface area contributed by atoms with Gasteiger partial charge in [-0.3, -0.25) is 4.57 Å². The number of benzene rings is 1. The normalized spacial score (nSPS) is 27.7. The van der Waals surface area contributed by atoms with Crippen molar-refractivity contribution in [3.63, 3.8) is 0 Å². The lowest BCUT2D eigenvalue weighted by atomic mass is 10.1. The minimum atomic E-state index is -4.01. The molecule has 1 aliphatic heterocycles. The van der Waals surface area contributed by atoms with Crippen LogP contribution in [0.3, 0.4) is 0 Å². The van der Waals surface area contributed by atoms with Crippen molar-refractivity contribution < 1.29 is 22.7 Å². The molecule has 0 bridgehead atoms. The Kier molecular flexibility index (Phi) is 5.29. The number of aliphatic hydroxyl groups excluding tert-OH is 1. The van der Waals surface area contributed by atoms with Crippen LogP contribution in [0.5, 0.6) is 0 Å². The number of hydrogen-bond donors (Lipinski definition) is 4. The molecule has 170 valence electrons. The molecule has 13 heteroatoms. The number of nitrogens with one attached hydrogen (secondary N) is 2. The number of aromatic nitrogens is 4. The van der Waals surface area contributed by atoms with Gasteiger partial charge in [0.05, 0.1) is 12.4 Å². The van der Waals surface area contributed by atoms with E-state index in [9.17, 15) is 17.9 Å². The quantitative estimate of drug-likeness (QED) is 0.407. The molecule has 3 heterocycles. The third kappa shape index (κ3) is 3.82. The van der Waals surface area contributed by atoms with E-state index in [1.165, 1.54) is 28.3 Å². The maximum absolute atomic E-state index is 14.8. The molecule has 1 saturated heterocycles. The van der Waals surface area contributed by atoms with E-state index >= 15 is 0 Å². The number of aliphatic hydroxyl groups is 1. The van der Waals surface area contributed by atoms with E-state index in [-0.39, 0.29) is 12.6 Å². The van der Waals surface area contributed by atoms with Crippen LogP contribution in [0.15, 0.2) is 36.9 Å². The maximum atomic E-state index is 14.8. The Balaban J connectivity index is 1.40. The summed E-state index contributed by atoms with van der Waals surface area (Å²) in [4.78, 5) is 12.9. The number of aryl methyl sites for hydroxylation is 1. The zero-order valence-electron chi connectivity index (χ0n) is 16.8. The largest absolute Gasteiger partial charge is 0.387 e. The topological polar surface area (TPSA) is 157 Å². The third-order valence-corrected chi connectivity index (χ3v) is 6.43. The average Bonchev–Trinajstić information content (AvgIpc) is 3.44. The van der Waals surface area contributed by atoms with E-state index in [1.807, 2.05) is 16.9 Å². The number of hydrogen-bond acceptors (Lipinski definition) is 8. The fraction of sp³-hybridized carbons (Fsp3) is 0.421. The van der Waals surface area contributed by atoms with Crippen LogP contribution in [-0.2, 0) is 21.4 Å². The van der Waals surface area contributed by atoms with Gasteiger partial charge in [-0.1, -0.05) is 24.3 Å². The minimum absolute atomic E-state index is 0.0709. The second kappa shape index (κ2) is 8.01. The van der Waals surface area contributed by atoms with E-state index in [0.717, 1.165) is 12.8 Å². The first kappa shape index (κ1) is 21.2. The van der Waals surface area contributed by atoms with Crippen molar-refractivity contribution in [1.82, 2.24) is 24.2 Å². The maximum Gasteiger partial charge on any atom is 0.274 e. The molecular weight excluding hydrogens is 441 g/mol. The summed E-state index contributed by atoms with van der Waals surface area (Å²) >= 11 is 0. The molecule has 1 aromatic carbocycles. The van der Waals surface area contributed by atoms with Crippen LogP contribution in [0.2, 0.25) is 0 Å². The minimum Gasteiger partial charge on any atom is -0.387 e. The highest BCUT2D eigenvalue weighted by molar-refractivity contribution is 7.87. The van der Waals surface area contributed by atoms with Gasteiger partial charge in [0, 0.05) is 6.54 Å². The molecule has 0 spiro atoms. The van der Waals surface area contributed by atoms with Gasteiger partial charge in [-0.2, -0.15) is 13.1 Å². The molecule has 2 aromatic heterocycles. The number of nitrogens with two attached hydrogens (primary N) is 1. The van der Waals surface area contributed by atoms with E-state index in [0.29, 0.717) is 17.0 Å². The van der Waals surface area contributed by atoms with Gasteiger partial charge in [-0.25, -0.2) is 24.5 Å². The van der Waals surface area contributed by atoms with Crippen LogP contribution in [0.1, 0.15) is 29.8 Å². The molecule has 11 nitrogen and oxygen atoms in total. The van der Waals surface area contributed by atoms with Crippen molar-refractivity contribution in [2.24, 2.45) is 5.14 Å². The SMILES string of the molecule is NS(=O)(=O)NC[C@H]1O[C@@H](n2cnc3c(NC4CCc5ccccc54)ncnc32)[C@@H](F)[C@@H]1O. The fourth-order valence-electron chi connectivity index (χ4n) is 4.31. The Morgan fingerprint density at radius 2 is 2.09 bits per heavy atom. The van der Waals surface area contributed by atoms with E-state index in [1.54, 1.807) is 0 Å². The standard InChI is InChI=1S/C19H22FN7O4S/c20-14-16(28)13(7-25-32(21,29)30)31-19(14)27-9-24-15-17(22-8-23-18(15)27)26-12-6-5-10-3-1-2-4-11(10)12/h1-4,8-9,12-14,16,19,25,28H,5-7H2,(H2,21,29,30)(H,22,23,26)/t12?,13-,14+,16-,19-/m1/s1. The van der Waals surface area contributed by atoms with E-state index < -0.39 is 34.8 Å². The molecule has 2 aliphatic rings. The van der Waals surface area contributed by atoms with Crippen molar-refractivity contribution in [3.05, 3.63) is 48.0 Å². The number of nitrogens with zero attached hydrogens (tertiary/aromatic N) is 4. The monoisotopic (exact) mass is 463 g/mol. The Morgan fingerprint density at radius 1 is 1.28 bits per heavy atom. The highest BCUT2D eigenvalue weighted by Gasteiger charge is 2.46. The van der Waals surface area contributed by atoms with Crippen LogP contribution >= 0.6 is 0 Å². The second-order valence-electron chi connectivity index (χ2n) is 7.87. The molecule has 0 radical (unpaired) electrons. The summed E-state index contributed by atoms with van der Waals surface area (Å²) in [5.74, 6) is 0.511. The summed E-state index contributed by atoms with van der Waals surface area (Å²) in [5, 5.41) is 18.5. The fourth-order valence-corrected chi connectivity index (χ4v) is 4.71. The summed E-state index contributed by atoms with van der Waals surface area (Å²) in [5.41, 5.74) is 3.26. The smallest absolute Gasteiger partial charge is 0.274 e. The van der Waals surface area contributed by atoms with E-state index in [2.05, 4.69) is 32.4 Å². The van der Waals surface area contributed by atoms with Gasteiger partial charge in [-0.15, -0.1) is 0 Å². The number of fused-ring (bicyclic) bond motifs is 2. The summed E-state index contributed by atoms with van der Waals surface area (Å²) in [7, 11) is -4.01. The molecule has 5 N–H and O–H groups in total. The summed E-state index contributed by atoms with van der Waals surface area (Å²) < 4.78 is 46.0.